The molecule has 0 radical (unpaired) electrons. The summed E-state index contributed by atoms with van der Waals surface area (Å²) in [4.78, 5) is 27.4. The predicted molar refractivity (Wildman–Crippen MR) is 178 cm³/mol. The van der Waals surface area contributed by atoms with Crippen LogP contribution >= 0.6 is 0 Å². The summed E-state index contributed by atoms with van der Waals surface area (Å²) < 4.78 is 52.2. The van der Waals surface area contributed by atoms with Crippen molar-refractivity contribution in [3.63, 3.8) is 0 Å². The number of hydrogen-bond donors (Lipinski definition) is 0. The van der Waals surface area contributed by atoms with E-state index in [1.807, 2.05) is 0 Å². The fourth-order valence-corrected chi connectivity index (χ4v) is 5.26. The lowest BCUT2D eigenvalue weighted by atomic mass is 9.79. The van der Waals surface area contributed by atoms with Gasteiger partial charge in [-0.05, 0) is 12.8 Å². The molecule has 0 aromatic carbocycles. The Morgan fingerprint density at radius 2 is 0.745 bits per heavy atom. The zero-order chi connectivity index (χ0) is 34.4. The SMILES string of the molecule is C=CCOCC(COCC=C)(COCC=C)COC(=O)C1CC2OC2CC1C(=O)OCC(COCC=C)(COCC=C)COCC=C. The standard InChI is InChI=1S/C36H54O11/c1-7-13-39-21-35(22-40-14-8-2,23-41-15-9-3)27-45-33(37)29-19-31-32(47-31)20-30(29)34(38)46-28-36(24-42-16-10-4,25-43-17-11-5)26-44-18-12-6/h7-12,29-32H,1-6,13-28H2. The van der Waals surface area contributed by atoms with E-state index in [0.29, 0.717) is 52.5 Å². The molecule has 0 amide bonds. The van der Waals surface area contributed by atoms with Gasteiger partial charge in [0.2, 0.25) is 0 Å². The van der Waals surface area contributed by atoms with Gasteiger partial charge in [0, 0.05) is 0 Å². The molecule has 2 rings (SSSR count). The Hall–Kier alpha value is -2.90. The highest BCUT2D eigenvalue weighted by atomic mass is 16.6. The summed E-state index contributed by atoms with van der Waals surface area (Å²) in [6.07, 6.45) is 10.3. The molecule has 264 valence electrons. The van der Waals surface area contributed by atoms with Crippen LogP contribution in [0.15, 0.2) is 75.9 Å². The first-order valence-electron chi connectivity index (χ1n) is 15.9. The van der Waals surface area contributed by atoms with Crippen LogP contribution in [0.1, 0.15) is 12.8 Å². The molecular weight excluding hydrogens is 608 g/mol. The lowest BCUT2D eigenvalue weighted by Gasteiger charge is -2.35. The van der Waals surface area contributed by atoms with Gasteiger partial charge in [0.25, 0.3) is 0 Å². The normalized spacial score (nSPS) is 20.3. The second kappa shape index (κ2) is 22.6. The fraction of sp³-hybridized carbons (Fsp3) is 0.611. The molecule has 0 aromatic rings. The quantitative estimate of drug-likeness (QED) is 0.0480. The molecule has 2 aliphatic rings. The Kier molecular flexibility index (Phi) is 19.4. The number of esters is 2. The van der Waals surface area contributed by atoms with Crippen LogP contribution < -0.4 is 0 Å². The predicted octanol–water partition coefficient (Wildman–Crippen LogP) is 4.05. The summed E-state index contributed by atoms with van der Waals surface area (Å²) >= 11 is 0. The molecule has 2 fully saturated rings. The number of epoxide rings is 1. The van der Waals surface area contributed by atoms with Gasteiger partial charge < -0.3 is 42.6 Å². The second-order valence-electron chi connectivity index (χ2n) is 11.9. The third-order valence-corrected chi connectivity index (χ3v) is 7.66. The van der Waals surface area contributed by atoms with Gasteiger partial charge in [0.05, 0.1) is 114 Å². The Morgan fingerprint density at radius 3 is 0.979 bits per heavy atom. The summed E-state index contributed by atoms with van der Waals surface area (Å²) in [5, 5.41) is 0. The van der Waals surface area contributed by atoms with Gasteiger partial charge in [-0.25, -0.2) is 0 Å². The van der Waals surface area contributed by atoms with E-state index in [4.69, 9.17) is 42.6 Å². The Morgan fingerprint density at radius 1 is 0.489 bits per heavy atom. The first-order chi connectivity index (χ1) is 22.8. The number of fused-ring (bicyclic) bond motifs is 1. The van der Waals surface area contributed by atoms with Crippen molar-refractivity contribution in [1.29, 1.82) is 0 Å². The number of rotatable bonds is 30. The first kappa shape index (κ1) is 40.3. The lowest BCUT2D eigenvalue weighted by molar-refractivity contribution is -0.172. The summed E-state index contributed by atoms with van der Waals surface area (Å²) in [5.74, 6) is -2.57. The van der Waals surface area contributed by atoms with Crippen molar-refractivity contribution in [3.05, 3.63) is 75.9 Å². The van der Waals surface area contributed by atoms with Crippen molar-refractivity contribution in [1.82, 2.24) is 0 Å². The molecule has 0 aromatic heterocycles. The zero-order valence-corrected chi connectivity index (χ0v) is 27.8. The van der Waals surface area contributed by atoms with Gasteiger partial charge in [-0.1, -0.05) is 36.5 Å². The molecule has 0 N–H and O–H groups in total. The van der Waals surface area contributed by atoms with Crippen LogP contribution in [0.4, 0.5) is 0 Å². The lowest BCUT2D eigenvalue weighted by Crippen LogP contribution is -2.45. The molecule has 11 heteroatoms. The molecule has 1 aliphatic carbocycles. The molecular formula is C36H54O11. The van der Waals surface area contributed by atoms with Gasteiger partial charge in [-0.3, -0.25) is 9.59 Å². The summed E-state index contributed by atoms with van der Waals surface area (Å²) in [6, 6.07) is 0. The van der Waals surface area contributed by atoms with Crippen LogP contribution in [0.3, 0.4) is 0 Å². The van der Waals surface area contributed by atoms with Crippen molar-refractivity contribution in [2.45, 2.75) is 25.0 Å². The molecule has 1 aliphatic heterocycles. The van der Waals surface area contributed by atoms with E-state index in [-0.39, 0.29) is 65.1 Å². The smallest absolute Gasteiger partial charge is 0.309 e. The topological polar surface area (TPSA) is 121 Å². The van der Waals surface area contributed by atoms with Crippen LogP contribution in [0, 0.1) is 22.7 Å². The summed E-state index contributed by atoms with van der Waals surface area (Å²) in [6.45, 7) is 25.0. The summed E-state index contributed by atoms with van der Waals surface area (Å²) in [5.41, 5.74) is -1.65. The van der Waals surface area contributed by atoms with Gasteiger partial charge in [0.15, 0.2) is 0 Å². The summed E-state index contributed by atoms with van der Waals surface area (Å²) in [7, 11) is 0. The molecule has 11 nitrogen and oxygen atoms in total. The highest BCUT2D eigenvalue weighted by molar-refractivity contribution is 5.82. The molecule has 1 saturated carbocycles. The molecule has 4 atom stereocenters. The van der Waals surface area contributed by atoms with Gasteiger partial charge in [-0.15, -0.1) is 39.5 Å². The Bertz CT molecular complexity index is 859. The van der Waals surface area contributed by atoms with E-state index < -0.39 is 34.6 Å². The van der Waals surface area contributed by atoms with Gasteiger partial charge in [0.1, 0.15) is 13.2 Å². The number of ether oxygens (including phenoxy) is 9. The first-order valence-corrected chi connectivity index (χ1v) is 15.9. The van der Waals surface area contributed by atoms with Crippen molar-refractivity contribution in [3.8, 4) is 0 Å². The van der Waals surface area contributed by atoms with Crippen LogP contribution in [0.25, 0.3) is 0 Å². The maximum Gasteiger partial charge on any atom is 0.309 e. The Labute approximate surface area is 280 Å². The van der Waals surface area contributed by atoms with Gasteiger partial charge in [-0.2, -0.15) is 0 Å². The molecule has 4 unspecified atom stereocenters. The van der Waals surface area contributed by atoms with Crippen LogP contribution in [-0.2, 0) is 52.2 Å². The van der Waals surface area contributed by atoms with Crippen molar-refractivity contribution in [2.24, 2.45) is 22.7 Å². The van der Waals surface area contributed by atoms with Gasteiger partial charge >= 0.3 is 11.9 Å². The van der Waals surface area contributed by atoms with E-state index in [2.05, 4.69) is 39.5 Å². The van der Waals surface area contributed by atoms with Crippen molar-refractivity contribution in [2.75, 3.05) is 92.5 Å². The Balaban J connectivity index is 2.19. The number of hydrogen-bond acceptors (Lipinski definition) is 11. The molecule has 47 heavy (non-hydrogen) atoms. The molecule has 1 heterocycles. The minimum absolute atomic E-state index is 0.0600. The minimum atomic E-state index is -0.824. The third kappa shape index (κ3) is 14.4. The molecule has 0 spiro atoms. The molecule has 1 saturated heterocycles. The largest absolute Gasteiger partial charge is 0.465 e. The zero-order valence-electron chi connectivity index (χ0n) is 27.8. The minimum Gasteiger partial charge on any atom is -0.465 e. The third-order valence-electron chi connectivity index (χ3n) is 7.66. The van der Waals surface area contributed by atoms with E-state index in [1.54, 1.807) is 36.5 Å². The maximum absolute atomic E-state index is 13.7. The van der Waals surface area contributed by atoms with Crippen LogP contribution in [0.2, 0.25) is 0 Å². The number of carbonyl (C=O) groups is 2. The van der Waals surface area contributed by atoms with E-state index in [0.717, 1.165) is 0 Å². The number of carbonyl (C=O) groups excluding carboxylic acids is 2. The van der Waals surface area contributed by atoms with E-state index >= 15 is 0 Å². The van der Waals surface area contributed by atoms with E-state index in [1.165, 1.54) is 0 Å². The average molecular weight is 663 g/mol. The average Bonchev–Trinajstić information content (AvgIpc) is 3.85. The monoisotopic (exact) mass is 662 g/mol. The highest BCUT2D eigenvalue weighted by Crippen LogP contribution is 2.44. The molecule has 0 bridgehead atoms. The second-order valence-corrected chi connectivity index (χ2v) is 11.9. The van der Waals surface area contributed by atoms with Crippen molar-refractivity contribution >= 4 is 11.9 Å². The van der Waals surface area contributed by atoms with Crippen molar-refractivity contribution < 1.29 is 52.2 Å². The van der Waals surface area contributed by atoms with Crippen LogP contribution in [-0.4, -0.2) is 117 Å². The fourth-order valence-electron chi connectivity index (χ4n) is 5.26. The maximum atomic E-state index is 13.7. The van der Waals surface area contributed by atoms with E-state index in [9.17, 15) is 9.59 Å². The van der Waals surface area contributed by atoms with Crippen LogP contribution in [0.5, 0.6) is 0 Å². The highest BCUT2D eigenvalue weighted by Gasteiger charge is 2.54.